The summed E-state index contributed by atoms with van der Waals surface area (Å²) in [7, 11) is 3.21. The fraction of sp³-hybridized carbons (Fsp3) is 0.409. The average molecular weight is 368 g/mol. The van der Waals surface area contributed by atoms with Crippen molar-refractivity contribution in [2.75, 3.05) is 32.6 Å². The molecule has 0 aromatic heterocycles. The summed E-state index contributed by atoms with van der Waals surface area (Å²) in [6.07, 6.45) is 1.73. The maximum absolute atomic E-state index is 12.7. The molecule has 0 unspecified atom stereocenters. The van der Waals surface area contributed by atoms with Crippen LogP contribution in [0.2, 0.25) is 0 Å². The molecule has 1 aliphatic rings. The van der Waals surface area contributed by atoms with Crippen LogP contribution in [-0.2, 0) is 11.3 Å². The van der Waals surface area contributed by atoms with E-state index in [4.69, 9.17) is 9.47 Å². The number of methoxy groups -OCH3 is 2. The van der Waals surface area contributed by atoms with Crippen LogP contribution in [0.4, 0.5) is 5.69 Å². The number of nitrogens with zero attached hydrogens (tertiary/aromatic N) is 1. The molecule has 0 aliphatic carbocycles. The monoisotopic (exact) mass is 368 g/mol. The lowest BCUT2D eigenvalue weighted by Gasteiger charge is -2.31. The molecule has 1 heterocycles. The van der Waals surface area contributed by atoms with Crippen molar-refractivity contribution in [2.24, 2.45) is 5.92 Å². The Hall–Kier alpha value is -2.53. The van der Waals surface area contributed by atoms with E-state index in [1.807, 2.05) is 6.07 Å². The maximum atomic E-state index is 12.7. The number of amides is 1. The third kappa shape index (κ3) is 4.80. The zero-order valence-corrected chi connectivity index (χ0v) is 16.3. The number of ether oxygens (including phenoxy) is 2. The van der Waals surface area contributed by atoms with Crippen molar-refractivity contribution in [3.8, 4) is 11.5 Å². The molecular weight excluding hydrogens is 340 g/mol. The highest BCUT2D eigenvalue weighted by Gasteiger charge is 2.26. The number of aryl methyl sites for hydroxylation is 1. The summed E-state index contributed by atoms with van der Waals surface area (Å²) in [5.41, 5.74) is 3.34. The van der Waals surface area contributed by atoms with Gasteiger partial charge in [0.2, 0.25) is 5.91 Å². The minimum absolute atomic E-state index is 0.0222. The van der Waals surface area contributed by atoms with Gasteiger partial charge in [0.1, 0.15) is 11.5 Å². The van der Waals surface area contributed by atoms with E-state index >= 15 is 0 Å². The van der Waals surface area contributed by atoms with Gasteiger partial charge in [0.25, 0.3) is 0 Å². The molecule has 1 amide bonds. The Morgan fingerprint density at radius 3 is 2.52 bits per heavy atom. The summed E-state index contributed by atoms with van der Waals surface area (Å²) in [5, 5.41) is 3.02. The number of anilines is 1. The number of benzene rings is 2. The Balaban J connectivity index is 1.57. The van der Waals surface area contributed by atoms with Crippen molar-refractivity contribution in [3.63, 3.8) is 0 Å². The number of piperidine rings is 1. The number of nitrogens with one attached hydrogen (secondary N) is 1. The lowest BCUT2D eigenvalue weighted by molar-refractivity contribution is -0.121. The number of carbonyl (C=O) groups is 1. The van der Waals surface area contributed by atoms with Gasteiger partial charge in [-0.05, 0) is 56.1 Å². The summed E-state index contributed by atoms with van der Waals surface area (Å²) in [5.74, 6) is 1.41. The molecule has 0 spiro atoms. The topological polar surface area (TPSA) is 50.8 Å². The van der Waals surface area contributed by atoms with Gasteiger partial charge in [-0.3, -0.25) is 9.69 Å². The van der Waals surface area contributed by atoms with Crippen molar-refractivity contribution in [2.45, 2.75) is 26.3 Å². The smallest absolute Gasteiger partial charge is 0.227 e. The van der Waals surface area contributed by atoms with Gasteiger partial charge in [-0.25, -0.2) is 0 Å². The quantitative estimate of drug-likeness (QED) is 0.841. The summed E-state index contributed by atoms with van der Waals surface area (Å²) in [4.78, 5) is 15.2. The molecule has 3 rings (SSSR count). The van der Waals surface area contributed by atoms with Crippen LogP contribution < -0.4 is 14.8 Å². The molecule has 5 nitrogen and oxygen atoms in total. The highest BCUT2D eigenvalue weighted by atomic mass is 16.5. The Morgan fingerprint density at radius 2 is 1.85 bits per heavy atom. The molecule has 27 heavy (non-hydrogen) atoms. The van der Waals surface area contributed by atoms with E-state index in [1.54, 1.807) is 26.4 Å². The van der Waals surface area contributed by atoms with Crippen molar-refractivity contribution >= 4 is 11.6 Å². The Morgan fingerprint density at radius 1 is 1.11 bits per heavy atom. The number of hydrogen-bond donors (Lipinski definition) is 1. The first-order chi connectivity index (χ1) is 13.1. The minimum Gasteiger partial charge on any atom is -0.497 e. The second kappa shape index (κ2) is 8.91. The summed E-state index contributed by atoms with van der Waals surface area (Å²) in [6, 6.07) is 13.9. The summed E-state index contributed by atoms with van der Waals surface area (Å²) < 4.78 is 10.6. The van der Waals surface area contributed by atoms with Crippen LogP contribution in [0.25, 0.3) is 0 Å². The van der Waals surface area contributed by atoms with E-state index in [0.29, 0.717) is 17.2 Å². The van der Waals surface area contributed by atoms with Crippen LogP contribution in [0.3, 0.4) is 0 Å². The predicted molar refractivity (Wildman–Crippen MR) is 107 cm³/mol. The fourth-order valence-corrected chi connectivity index (χ4v) is 3.53. The molecule has 144 valence electrons. The largest absolute Gasteiger partial charge is 0.497 e. The van der Waals surface area contributed by atoms with Crippen LogP contribution in [0.1, 0.15) is 24.0 Å². The molecule has 1 saturated heterocycles. The third-order valence-corrected chi connectivity index (χ3v) is 5.28. The normalized spacial score (nSPS) is 15.4. The molecule has 0 saturated carbocycles. The molecule has 0 bridgehead atoms. The van der Waals surface area contributed by atoms with Crippen molar-refractivity contribution < 1.29 is 14.3 Å². The lowest BCUT2D eigenvalue weighted by Crippen LogP contribution is -2.37. The highest BCUT2D eigenvalue weighted by Crippen LogP contribution is 2.30. The second-order valence-corrected chi connectivity index (χ2v) is 7.03. The summed E-state index contributed by atoms with van der Waals surface area (Å²) in [6.45, 7) is 4.96. The van der Waals surface area contributed by atoms with Crippen molar-refractivity contribution in [1.82, 2.24) is 4.90 Å². The van der Waals surface area contributed by atoms with Gasteiger partial charge in [-0.15, -0.1) is 0 Å². The van der Waals surface area contributed by atoms with Crippen LogP contribution in [0.15, 0.2) is 42.5 Å². The molecule has 1 aliphatic heterocycles. The van der Waals surface area contributed by atoms with E-state index in [0.717, 1.165) is 32.5 Å². The van der Waals surface area contributed by atoms with Crippen LogP contribution >= 0.6 is 0 Å². The second-order valence-electron chi connectivity index (χ2n) is 7.03. The lowest BCUT2D eigenvalue weighted by atomic mass is 9.95. The molecule has 2 aromatic rings. The zero-order chi connectivity index (χ0) is 19.2. The SMILES string of the molecule is COc1ccc(OC)c(NC(=O)C2CCN(Cc3ccccc3C)CC2)c1. The Bertz CT molecular complexity index is 783. The standard InChI is InChI=1S/C22H28N2O3/c1-16-6-4-5-7-18(16)15-24-12-10-17(11-13-24)22(25)23-20-14-19(26-2)8-9-21(20)27-3/h4-9,14,17H,10-13,15H2,1-3H3,(H,23,25). The molecule has 5 heteroatoms. The van der Waals surface area contributed by atoms with Gasteiger partial charge in [0.15, 0.2) is 0 Å². The van der Waals surface area contributed by atoms with Crippen LogP contribution in [0.5, 0.6) is 11.5 Å². The Labute approximate surface area is 161 Å². The van der Waals surface area contributed by atoms with E-state index in [1.165, 1.54) is 11.1 Å². The number of rotatable bonds is 6. The van der Waals surface area contributed by atoms with E-state index in [2.05, 4.69) is 41.4 Å². The number of hydrogen-bond acceptors (Lipinski definition) is 4. The molecule has 0 atom stereocenters. The van der Waals surface area contributed by atoms with Gasteiger partial charge >= 0.3 is 0 Å². The first kappa shape index (κ1) is 19.2. The van der Waals surface area contributed by atoms with E-state index < -0.39 is 0 Å². The minimum atomic E-state index is 0.0222. The summed E-state index contributed by atoms with van der Waals surface area (Å²) >= 11 is 0. The van der Waals surface area contributed by atoms with E-state index in [9.17, 15) is 4.79 Å². The van der Waals surface area contributed by atoms with Gasteiger partial charge in [-0.1, -0.05) is 24.3 Å². The zero-order valence-electron chi connectivity index (χ0n) is 16.3. The van der Waals surface area contributed by atoms with Crippen LogP contribution in [0, 0.1) is 12.8 Å². The van der Waals surface area contributed by atoms with Crippen molar-refractivity contribution in [1.29, 1.82) is 0 Å². The molecular formula is C22H28N2O3. The van der Waals surface area contributed by atoms with Crippen molar-refractivity contribution in [3.05, 3.63) is 53.6 Å². The first-order valence-corrected chi connectivity index (χ1v) is 9.40. The van der Waals surface area contributed by atoms with Gasteiger partial charge in [-0.2, -0.15) is 0 Å². The van der Waals surface area contributed by atoms with E-state index in [-0.39, 0.29) is 11.8 Å². The first-order valence-electron chi connectivity index (χ1n) is 9.40. The number of likely N-dealkylation sites (tertiary alicyclic amines) is 1. The maximum Gasteiger partial charge on any atom is 0.227 e. The van der Waals surface area contributed by atoms with Gasteiger partial charge in [0.05, 0.1) is 19.9 Å². The average Bonchev–Trinajstić information content (AvgIpc) is 2.70. The Kier molecular flexibility index (Phi) is 6.35. The van der Waals surface area contributed by atoms with Crippen LogP contribution in [-0.4, -0.2) is 38.1 Å². The van der Waals surface area contributed by atoms with Gasteiger partial charge in [0, 0.05) is 18.5 Å². The highest BCUT2D eigenvalue weighted by molar-refractivity contribution is 5.94. The molecule has 2 aromatic carbocycles. The molecule has 1 fully saturated rings. The van der Waals surface area contributed by atoms with Gasteiger partial charge < -0.3 is 14.8 Å². The third-order valence-electron chi connectivity index (χ3n) is 5.28. The number of carbonyl (C=O) groups excluding carboxylic acids is 1. The molecule has 0 radical (unpaired) electrons. The predicted octanol–water partition coefficient (Wildman–Crippen LogP) is 3.86. The molecule has 1 N–H and O–H groups in total. The fourth-order valence-electron chi connectivity index (χ4n) is 3.53.